The van der Waals surface area contributed by atoms with Gasteiger partial charge >= 0.3 is 0 Å². The van der Waals surface area contributed by atoms with E-state index in [4.69, 9.17) is 4.74 Å². The molecule has 0 saturated carbocycles. The molecular formula is C17H23N3O5S. The lowest BCUT2D eigenvalue weighted by molar-refractivity contribution is -0.130. The Bertz CT molecular complexity index is 800. The van der Waals surface area contributed by atoms with Gasteiger partial charge in [-0.15, -0.1) is 0 Å². The van der Waals surface area contributed by atoms with Crippen LogP contribution in [0.4, 0.5) is 0 Å². The van der Waals surface area contributed by atoms with E-state index >= 15 is 0 Å². The van der Waals surface area contributed by atoms with E-state index < -0.39 is 15.8 Å². The van der Waals surface area contributed by atoms with Crippen molar-refractivity contribution in [2.75, 3.05) is 32.2 Å². The summed E-state index contributed by atoms with van der Waals surface area (Å²) < 4.78 is 28.2. The van der Waals surface area contributed by atoms with Crippen LogP contribution >= 0.6 is 0 Å². The molecule has 0 bridgehead atoms. The van der Waals surface area contributed by atoms with Crippen LogP contribution in [0.2, 0.25) is 0 Å². The number of carbonyl (C=O) groups excluding carboxylic acids is 2. The molecule has 0 aromatic heterocycles. The van der Waals surface area contributed by atoms with Gasteiger partial charge in [-0.2, -0.15) is 5.10 Å². The molecule has 26 heavy (non-hydrogen) atoms. The second kappa shape index (κ2) is 8.31. The number of nitrogens with zero attached hydrogens (tertiary/aromatic N) is 2. The van der Waals surface area contributed by atoms with Crippen molar-refractivity contribution in [1.29, 1.82) is 0 Å². The van der Waals surface area contributed by atoms with E-state index in [0.29, 0.717) is 17.9 Å². The summed E-state index contributed by atoms with van der Waals surface area (Å²) in [4.78, 5) is 24.9. The maximum atomic E-state index is 12.0. The molecule has 2 rings (SSSR count). The molecule has 1 aromatic carbocycles. The number of nitrogens with one attached hydrogen (secondary N) is 1. The lowest BCUT2D eigenvalue weighted by Crippen LogP contribution is -2.28. The minimum atomic E-state index is -3.10. The van der Waals surface area contributed by atoms with Gasteiger partial charge in [-0.3, -0.25) is 9.59 Å². The minimum absolute atomic E-state index is 0.0419. The van der Waals surface area contributed by atoms with E-state index in [1.165, 1.54) is 4.90 Å². The van der Waals surface area contributed by atoms with Crippen molar-refractivity contribution >= 4 is 27.4 Å². The summed E-state index contributed by atoms with van der Waals surface area (Å²) >= 11 is 0. The van der Waals surface area contributed by atoms with Crippen molar-refractivity contribution in [2.45, 2.75) is 13.3 Å². The number of amides is 2. The zero-order valence-electron chi connectivity index (χ0n) is 15.1. The van der Waals surface area contributed by atoms with Crippen LogP contribution in [0.3, 0.4) is 0 Å². The molecule has 8 nitrogen and oxygen atoms in total. The summed E-state index contributed by atoms with van der Waals surface area (Å²) in [6.07, 6.45) is 0.334. The van der Waals surface area contributed by atoms with E-state index in [-0.39, 0.29) is 29.9 Å². The third kappa shape index (κ3) is 5.55. The van der Waals surface area contributed by atoms with Crippen LogP contribution in [0, 0.1) is 5.92 Å². The van der Waals surface area contributed by atoms with E-state index in [1.54, 1.807) is 45.3 Å². The number of rotatable bonds is 6. The monoisotopic (exact) mass is 381 g/mol. The second-order valence-electron chi connectivity index (χ2n) is 6.37. The molecule has 1 aromatic rings. The predicted octanol–water partition coefficient (Wildman–Crippen LogP) is 0.429. The van der Waals surface area contributed by atoms with Gasteiger partial charge in [0.1, 0.15) is 5.75 Å². The average Bonchev–Trinajstić information content (AvgIpc) is 2.97. The highest BCUT2D eigenvalue weighted by atomic mass is 32.2. The molecule has 1 heterocycles. The van der Waals surface area contributed by atoms with Crippen molar-refractivity contribution < 1.29 is 22.7 Å². The van der Waals surface area contributed by atoms with Gasteiger partial charge in [-0.05, 0) is 43.2 Å². The van der Waals surface area contributed by atoms with Gasteiger partial charge in [-0.1, -0.05) is 0 Å². The van der Waals surface area contributed by atoms with Crippen molar-refractivity contribution in [3.8, 4) is 5.75 Å². The largest absolute Gasteiger partial charge is 0.484 e. The third-order valence-electron chi connectivity index (χ3n) is 4.07. The molecule has 1 fully saturated rings. The summed E-state index contributed by atoms with van der Waals surface area (Å²) in [7, 11) is 0.210. The molecule has 0 spiro atoms. The summed E-state index contributed by atoms with van der Waals surface area (Å²) in [5.41, 5.74) is 3.78. The number of carbonyl (C=O) groups is 2. The Morgan fingerprint density at radius 2 is 1.92 bits per heavy atom. The summed E-state index contributed by atoms with van der Waals surface area (Å²) in [6, 6.07) is 6.95. The first-order valence-electron chi connectivity index (χ1n) is 8.16. The maximum absolute atomic E-state index is 12.0. The molecule has 142 valence electrons. The molecule has 1 aliphatic rings. The Balaban J connectivity index is 1.90. The Kier molecular flexibility index (Phi) is 6.36. The number of ether oxygens (including phenoxy) is 1. The summed E-state index contributed by atoms with van der Waals surface area (Å²) in [5, 5.41) is 4.03. The SMILES string of the molecule is C/C(=N/NC(=O)[C@@H]1CCS(=O)(=O)C1)c1ccc(OCC(=O)N(C)C)cc1. The number of hydrogen-bond acceptors (Lipinski definition) is 6. The van der Waals surface area contributed by atoms with Crippen LogP contribution in [0.1, 0.15) is 18.9 Å². The Labute approximate surface area is 153 Å². The fraction of sp³-hybridized carbons (Fsp3) is 0.471. The smallest absolute Gasteiger partial charge is 0.259 e. The first-order valence-corrected chi connectivity index (χ1v) is 9.98. The predicted molar refractivity (Wildman–Crippen MR) is 97.7 cm³/mol. The average molecular weight is 381 g/mol. The van der Waals surface area contributed by atoms with Gasteiger partial charge < -0.3 is 9.64 Å². The zero-order valence-corrected chi connectivity index (χ0v) is 15.9. The zero-order chi connectivity index (χ0) is 19.3. The van der Waals surface area contributed by atoms with E-state index in [9.17, 15) is 18.0 Å². The number of sulfone groups is 1. The first-order chi connectivity index (χ1) is 12.2. The number of likely N-dealkylation sites (N-methyl/N-ethyl adjacent to an activating group) is 1. The summed E-state index contributed by atoms with van der Waals surface area (Å²) in [6.45, 7) is 1.69. The van der Waals surface area contributed by atoms with Crippen molar-refractivity contribution in [1.82, 2.24) is 10.3 Å². The van der Waals surface area contributed by atoms with Crippen molar-refractivity contribution in [2.24, 2.45) is 11.0 Å². The molecule has 2 amide bonds. The van der Waals surface area contributed by atoms with Crippen molar-refractivity contribution in [3.05, 3.63) is 29.8 Å². The quantitative estimate of drug-likeness (QED) is 0.568. The second-order valence-corrected chi connectivity index (χ2v) is 8.60. The van der Waals surface area contributed by atoms with Crippen LogP contribution in [0.15, 0.2) is 29.4 Å². The number of benzene rings is 1. The van der Waals surface area contributed by atoms with Crippen LogP contribution in [0.5, 0.6) is 5.75 Å². The van der Waals surface area contributed by atoms with Crippen molar-refractivity contribution in [3.63, 3.8) is 0 Å². The number of hydrazone groups is 1. The normalized spacial score (nSPS) is 19.0. The standard InChI is InChI=1S/C17H23N3O5S/c1-12(18-19-17(22)14-8-9-26(23,24)11-14)13-4-6-15(7-5-13)25-10-16(21)20(2)3/h4-7,14H,8-11H2,1-3H3,(H,19,22)/b18-12-/t14-/m1/s1. The van der Waals surface area contributed by atoms with Crippen LogP contribution in [0.25, 0.3) is 0 Å². The first kappa shape index (κ1) is 19.9. The Hall–Kier alpha value is -2.42. The topological polar surface area (TPSA) is 105 Å². The molecule has 1 aliphatic heterocycles. The van der Waals surface area contributed by atoms with Gasteiger partial charge in [0.2, 0.25) is 5.91 Å². The fourth-order valence-electron chi connectivity index (χ4n) is 2.36. The Morgan fingerprint density at radius 1 is 1.27 bits per heavy atom. The van der Waals surface area contributed by atoms with Gasteiger partial charge in [0, 0.05) is 14.1 Å². The molecule has 1 atom stereocenters. The highest BCUT2D eigenvalue weighted by Crippen LogP contribution is 2.18. The maximum Gasteiger partial charge on any atom is 0.259 e. The van der Waals surface area contributed by atoms with Crippen LogP contribution in [-0.2, 0) is 19.4 Å². The number of hydrogen-bond donors (Lipinski definition) is 1. The molecule has 1 saturated heterocycles. The van der Waals surface area contributed by atoms with Crippen LogP contribution < -0.4 is 10.2 Å². The molecule has 0 aliphatic carbocycles. The highest BCUT2D eigenvalue weighted by Gasteiger charge is 2.32. The fourth-order valence-corrected chi connectivity index (χ4v) is 4.10. The molecular weight excluding hydrogens is 358 g/mol. The van der Waals surface area contributed by atoms with E-state index in [2.05, 4.69) is 10.5 Å². The molecule has 0 radical (unpaired) electrons. The lowest BCUT2D eigenvalue weighted by atomic mass is 10.1. The van der Waals surface area contributed by atoms with Gasteiger partial charge in [-0.25, -0.2) is 13.8 Å². The molecule has 9 heteroatoms. The highest BCUT2D eigenvalue weighted by molar-refractivity contribution is 7.91. The van der Waals surface area contributed by atoms with Crippen LogP contribution in [-0.4, -0.2) is 63.1 Å². The third-order valence-corrected chi connectivity index (χ3v) is 5.84. The lowest BCUT2D eigenvalue weighted by Gasteiger charge is -2.11. The minimum Gasteiger partial charge on any atom is -0.484 e. The van der Waals surface area contributed by atoms with Gasteiger partial charge in [0.05, 0.1) is 23.1 Å². The summed E-state index contributed by atoms with van der Waals surface area (Å²) in [5.74, 6) is -0.578. The molecule has 1 N–H and O–H groups in total. The molecule has 0 unspecified atom stereocenters. The van der Waals surface area contributed by atoms with Gasteiger partial charge in [0.25, 0.3) is 5.91 Å². The van der Waals surface area contributed by atoms with Gasteiger partial charge in [0.15, 0.2) is 16.4 Å². The Morgan fingerprint density at radius 3 is 2.46 bits per heavy atom. The van der Waals surface area contributed by atoms with E-state index in [0.717, 1.165) is 5.56 Å². The van der Waals surface area contributed by atoms with E-state index in [1.807, 2.05) is 0 Å².